The minimum absolute atomic E-state index is 0.125. The van der Waals surface area contributed by atoms with Gasteiger partial charge in [0.25, 0.3) is 5.91 Å². The van der Waals surface area contributed by atoms with Crippen molar-refractivity contribution in [3.8, 4) is 12.3 Å². The summed E-state index contributed by atoms with van der Waals surface area (Å²) in [7, 11) is 0. The van der Waals surface area contributed by atoms with Crippen LogP contribution in [0.3, 0.4) is 0 Å². The fourth-order valence-corrected chi connectivity index (χ4v) is 1.75. The molecule has 0 atom stereocenters. The van der Waals surface area contributed by atoms with E-state index >= 15 is 0 Å². The van der Waals surface area contributed by atoms with E-state index in [4.69, 9.17) is 6.42 Å². The van der Waals surface area contributed by atoms with Crippen molar-refractivity contribution in [1.82, 2.24) is 10.3 Å². The number of nitrogens with zero attached hydrogens (tertiary/aromatic N) is 3. The number of aryl methyl sites for hydroxylation is 1. The molecule has 0 saturated heterocycles. The minimum atomic E-state index is -0.342. The highest BCUT2D eigenvalue weighted by atomic mass is 16.1. The maximum Gasteiger partial charge on any atom is 0.252 e. The van der Waals surface area contributed by atoms with Crippen molar-refractivity contribution in [3.05, 3.63) is 29.6 Å². The molecule has 0 saturated carbocycles. The minimum Gasteiger partial charge on any atom is -0.352 e. The smallest absolute Gasteiger partial charge is 0.252 e. The third-order valence-corrected chi connectivity index (χ3v) is 3.04. The largest absolute Gasteiger partial charge is 0.352 e. The van der Waals surface area contributed by atoms with Crippen molar-refractivity contribution >= 4 is 5.91 Å². The summed E-state index contributed by atoms with van der Waals surface area (Å²) in [5.41, 5.74) is 1.11. The average molecular weight is 256 g/mol. The third-order valence-electron chi connectivity index (χ3n) is 3.04. The molecule has 1 N–H and O–H groups in total. The van der Waals surface area contributed by atoms with E-state index in [-0.39, 0.29) is 11.6 Å². The normalized spacial score (nSPS) is 14.7. The van der Waals surface area contributed by atoms with E-state index < -0.39 is 0 Å². The fourth-order valence-electron chi connectivity index (χ4n) is 1.75. The summed E-state index contributed by atoms with van der Waals surface area (Å²) in [5.74, 6) is 2.45. The standard InChI is InChI=1S/C14H16N4O/c1-3-4-7-14(17-18-14)8-9-15-13(19)12-6-5-11(2)16-10-12/h1,5-6,10H,4,7-9H2,2H3,(H,15,19). The van der Waals surface area contributed by atoms with Gasteiger partial charge in [0.15, 0.2) is 5.66 Å². The highest BCUT2D eigenvalue weighted by Crippen LogP contribution is 2.35. The van der Waals surface area contributed by atoms with E-state index in [0.29, 0.717) is 24.9 Å². The summed E-state index contributed by atoms with van der Waals surface area (Å²) in [6.45, 7) is 2.41. The highest BCUT2D eigenvalue weighted by molar-refractivity contribution is 5.93. The van der Waals surface area contributed by atoms with Gasteiger partial charge >= 0.3 is 0 Å². The molecule has 1 amide bonds. The first kappa shape index (κ1) is 13.2. The summed E-state index contributed by atoms with van der Waals surface area (Å²) >= 11 is 0. The molecule has 5 nitrogen and oxygen atoms in total. The summed E-state index contributed by atoms with van der Waals surface area (Å²) in [6.07, 6.45) is 8.90. The first-order valence-corrected chi connectivity index (χ1v) is 6.24. The first-order valence-electron chi connectivity index (χ1n) is 6.24. The highest BCUT2D eigenvalue weighted by Gasteiger charge is 2.38. The Labute approximate surface area is 112 Å². The Bertz CT molecular complexity index is 521. The summed E-state index contributed by atoms with van der Waals surface area (Å²) in [4.78, 5) is 15.9. The van der Waals surface area contributed by atoms with Crippen LogP contribution in [0.15, 0.2) is 28.6 Å². The molecule has 5 heteroatoms. The van der Waals surface area contributed by atoms with E-state index in [1.54, 1.807) is 12.3 Å². The van der Waals surface area contributed by atoms with E-state index in [9.17, 15) is 4.79 Å². The summed E-state index contributed by atoms with van der Waals surface area (Å²) in [5, 5.41) is 10.9. The molecule has 1 aromatic heterocycles. The predicted molar refractivity (Wildman–Crippen MR) is 71.6 cm³/mol. The van der Waals surface area contributed by atoms with Crippen LogP contribution in [0.1, 0.15) is 35.3 Å². The first-order chi connectivity index (χ1) is 9.15. The quantitative estimate of drug-likeness (QED) is 0.792. The Hall–Kier alpha value is -2.22. The molecule has 0 radical (unpaired) electrons. The molecule has 0 fully saturated rings. The molecule has 0 bridgehead atoms. The van der Waals surface area contributed by atoms with Crippen LogP contribution in [-0.4, -0.2) is 23.1 Å². The second-order valence-electron chi connectivity index (χ2n) is 4.58. The molecule has 0 aliphatic carbocycles. The monoisotopic (exact) mass is 256 g/mol. The molecule has 2 rings (SSSR count). The number of hydrogen-bond donors (Lipinski definition) is 1. The van der Waals surface area contributed by atoms with Crippen molar-refractivity contribution < 1.29 is 4.79 Å². The number of nitrogens with one attached hydrogen (secondary N) is 1. The van der Waals surface area contributed by atoms with Crippen molar-refractivity contribution in [2.24, 2.45) is 10.2 Å². The molecule has 1 aliphatic rings. The van der Waals surface area contributed by atoms with Crippen LogP contribution in [-0.2, 0) is 0 Å². The van der Waals surface area contributed by atoms with E-state index in [0.717, 1.165) is 12.1 Å². The Morgan fingerprint density at radius 2 is 2.21 bits per heavy atom. The molecule has 19 heavy (non-hydrogen) atoms. The maximum atomic E-state index is 11.8. The number of amides is 1. The summed E-state index contributed by atoms with van der Waals surface area (Å²) < 4.78 is 0. The van der Waals surface area contributed by atoms with Gasteiger partial charge in [-0.25, -0.2) is 0 Å². The average Bonchev–Trinajstić information content (AvgIpc) is 3.17. The van der Waals surface area contributed by atoms with Crippen LogP contribution in [0.4, 0.5) is 0 Å². The Kier molecular flexibility index (Phi) is 3.91. The van der Waals surface area contributed by atoms with Crippen molar-refractivity contribution in [3.63, 3.8) is 0 Å². The van der Waals surface area contributed by atoms with E-state index in [2.05, 4.69) is 26.4 Å². The lowest BCUT2D eigenvalue weighted by molar-refractivity contribution is 0.0951. The summed E-state index contributed by atoms with van der Waals surface area (Å²) in [6, 6.07) is 3.58. The molecule has 1 aromatic rings. The molecular formula is C14H16N4O. The SMILES string of the molecule is C#CCCC1(CCNC(=O)c2ccc(C)nc2)N=N1. The molecule has 0 aromatic carbocycles. The molecule has 0 spiro atoms. The van der Waals surface area contributed by atoms with Crippen LogP contribution >= 0.6 is 0 Å². The molecule has 0 unspecified atom stereocenters. The number of aromatic nitrogens is 1. The molecule has 1 aliphatic heterocycles. The number of hydrogen-bond acceptors (Lipinski definition) is 4. The van der Waals surface area contributed by atoms with E-state index in [1.165, 1.54) is 0 Å². The van der Waals surface area contributed by atoms with Crippen LogP contribution in [0.5, 0.6) is 0 Å². The number of rotatable bonds is 6. The second kappa shape index (κ2) is 5.61. The van der Waals surface area contributed by atoms with Gasteiger partial charge in [0.1, 0.15) is 0 Å². The second-order valence-corrected chi connectivity index (χ2v) is 4.58. The van der Waals surface area contributed by atoms with Crippen molar-refractivity contribution in [1.29, 1.82) is 0 Å². The van der Waals surface area contributed by atoms with Gasteiger partial charge in [-0.3, -0.25) is 9.78 Å². The number of carbonyl (C=O) groups is 1. The Morgan fingerprint density at radius 3 is 2.79 bits per heavy atom. The van der Waals surface area contributed by atoms with Crippen LogP contribution in [0.25, 0.3) is 0 Å². The van der Waals surface area contributed by atoms with Gasteiger partial charge in [-0.2, -0.15) is 10.2 Å². The lowest BCUT2D eigenvalue weighted by atomic mass is 10.0. The molecule has 98 valence electrons. The molecule has 2 heterocycles. The third kappa shape index (κ3) is 3.62. The number of pyridine rings is 1. The van der Waals surface area contributed by atoms with Gasteiger partial charge in [-0.15, -0.1) is 12.3 Å². The van der Waals surface area contributed by atoms with Crippen molar-refractivity contribution in [2.45, 2.75) is 31.8 Å². The predicted octanol–water partition coefficient (Wildman–Crippen LogP) is 2.09. The van der Waals surface area contributed by atoms with Gasteiger partial charge in [-0.1, -0.05) is 0 Å². The zero-order valence-corrected chi connectivity index (χ0v) is 10.9. The Balaban J connectivity index is 1.75. The zero-order chi connectivity index (χ0) is 13.7. The Morgan fingerprint density at radius 1 is 1.42 bits per heavy atom. The maximum absolute atomic E-state index is 11.8. The zero-order valence-electron chi connectivity index (χ0n) is 10.9. The van der Waals surface area contributed by atoms with Gasteiger partial charge in [-0.05, 0) is 19.1 Å². The van der Waals surface area contributed by atoms with Gasteiger partial charge in [0, 0.05) is 37.7 Å². The van der Waals surface area contributed by atoms with Gasteiger partial charge in [0.2, 0.25) is 0 Å². The molecular weight excluding hydrogens is 240 g/mol. The van der Waals surface area contributed by atoms with Crippen molar-refractivity contribution in [2.75, 3.05) is 6.54 Å². The van der Waals surface area contributed by atoms with Crippen LogP contribution in [0, 0.1) is 19.3 Å². The van der Waals surface area contributed by atoms with Crippen LogP contribution in [0.2, 0.25) is 0 Å². The number of carbonyl (C=O) groups excluding carboxylic acids is 1. The van der Waals surface area contributed by atoms with E-state index in [1.807, 2.05) is 13.0 Å². The lowest BCUT2D eigenvalue weighted by Crippen LogP contribution is -2.28. The topological polar surface area (TPSA) is 66.7 Å². The lowest BCUT2D eigenvalue weighted by Gasteiger charge is -2.09. The fraction of sp³-hybridized carbons (Fsp3) is 0.429. The van der Waals surface area contributed by atoms with Crippen LogP contribution < -0.4 is 5.32 Å². The number of terminal acetylenes is 1. The van der Waals surface area contributed by atoms with Gasteiger partial charge < -0.3 is 5.32 Å². The van der Waals surface area contributed by atoms with Gasteiger partial charge in [0.05, 0.1) is 5.56 Å².